The Hall–Kier alpha value is -2.74. The second-order valence-corrected chi connectivity index (χ2v) is 5.44. The lowest BCUT2D eigenvalue weighted by Crippen LogP contribution is -2.22. The highest BCUT2D eigenvalue weighted by molar-refractivity contribution is 6.33. The highest BCUT2D eigenvalue weighted by atomic mass is 35.5. The van der Waals surface area contributed by atoms with E-state index in [1.807, 2.05) is 0 Å². The summed E-state index contributed by atoms with van der Waals surface area (Å²) in [5, 5.41) is 4.57. The molecule has 0 aliphatic rings. The van der Waals surface area contributed by atoms with Crippen LogP contribution in [0.3, 0.4) is 0 Å². The van der Waals surface area contributed by atoms with Crippen molar-refractivity contribution >= 4 is 35.0 Å². The molecule has 26 heavy (non-hydrogen) atoms. The zero-order valence-electron chi connectivity index (χ0n) is 13.5. The van der Waals surface area contributed by atoms with Gasteiger partial charge in [-0.05, 0) is 37.3 Å². The average molecular weight is 387 g/mol. The number of hydrogen-bond donors (Lipinski definition) is 2. The number of anilines is 2. The standard InChI is InChI=1S/C17H14ClF3N2O3/c1-2-26-15(24)11-5-3-4-6-13(11)22-16(25)23-14-9-10(17(19,20)21)7-8-12(14)18/h3-9H,2H2,1H3,(H2,22,23,25). The number of ether oxygens (including phenoxy) is 1. The molecule has 0 atom stereocenters. The van der Waals surface area contributed by atoms with E-state index in [0.29, 0.717) is 0 Å². The van der Waals surface area contributed by atoms with Crippen molar-refractivity contribution in [3.05, 3.63) is 58.6 Å². The Morgan fingerprint density at radius 2 is 1.73 bits per heavy atom. The highest BCUT2D eigenvalue weighted by Gasteiger charge is 2.31. The number of rotatable bonds is 4. The Morgan fingerprint density at radius 1 is 1.08 bits per heavy atom. The fraction of sp³-hybridized carbons (Fsp3) is 0.176. The lowest BCUT2D eigenvalue weighted by molar-refractivity contribution is -0.137. The Bertz CT molecular complexity index is 825. The van der Waals surface area contributed by atoms with Crippen LogP contribution in [0.5, 0.6) is 0 Å². The quantitative estimate of drug-likeness (QED) is 0.711. The lowest BCUT2D eigenvalue weighted by atomic mass is 10.2. The number of nitrogens with one attached hydrogen (secondary N) is 2. The first kappa shape index (κ1) is 19.6. The largest absolute Gasteiger partial charge is 0.462 e. The van der Waals surface area contributed by atoms with Crippen LogP contribution in [-0.2, 0) is 10.9 Å². The fourth-order valence-electron chi connectivity index (χ4n) is 2.05. The van der Waals surface area contributed by atoms with Crippen molar-refractivity contribution in [2.75, 3.05) is 17.2 Å². The first-order valence-electron chi connectivity index (χ1n) is 7.43. The first-order valence-corrected chi connectivity index (χ1v) is 7.81. The minimum absolute atomic E-state index is 0.0631. The Morgan fingerprint density at radius 3 is 2.38 bits per heavy atom. The third-order valence-corrected chi connectivity index (χ3v) is 3.54. The van der Waals surface area contributed by atoms with E-state index in [1.165, 1.54) is 12.1 Å². The maximum atomic E-state index is 12.8. The van der Waals surface area contributed by atoms with Gasteiger partial charge >= 0.3 is 18.2 Å². The minimum atomic E-state index is -4.58. The van der Waals surface area contributed by atoms with Crippen LogP contribution in [0.15, 0.2) is 42.5 Å². The summed E-state index contributed by atoms with van der Waals surface area (Å²) in [6.45, 7) is 1.79. The summed E-state index contributed by atoms with van der Waals surface area (Å²) < 4.78 is 43.2. The smallest absolute Gasteiger partial charge is 0.416 e. The molecule has 2 aromatic carbocycles. The van der Waals surface area contributed by atoms with Gasteiger partial charge in [0, 0.05) is 0 Å². The van der Waals surface area contributed by atoms with Crippen molar-refractivity contribution in [1.29, 1.82) is 0 Å². The SMILES string of the molecule is CCOC(=O)c1ccccc1NC(=O)Nc1cc(C(F)(F)F)ccc1Cl. The molecule has 0 heterocycles. The van der Waals surface area contributed by atoms with E-state index in [2.05, 4.69) is 10.6 Å². The Labute approximate surface area is 152 Å². The van der Waals surface area contributed by atoms with Gasteiger partial charge in [0.25, 0.3) is 0 Å². The van der Waals surface area contributed by atoms with Gasteiger partial charge in [-0.25, -0.2) is 9.59 Å². The lowest BCUT2D eigenvalue weighted by Gasteiger charge is -2.13. The van der Waals surface area contributed by atoms with Crippen molar-refractivity contribution in [2.24, 2.45) is 0 Å². The first-order chi connectivity index (χ1) is 12.2. The molecule has 9 heteroatoms. The predicted molar refractivity (Wildman–Crippen MR) is 91.5 cm³/mol. The molecule has 0 bridgehead atoms. The van der Waals surface area contributed by atoms with Crippen LogP contribution in [-0.4, -0.2) is 18.6 Å². The Kier molecular flexibility index (Phi) is 6.10. The number of amides is 2. The van der Waals surface area contributed by atoms with E-state index in [1.54, 1.807) is 19.1 Å². The number of hydrogen-bond acceptors (Lipinski definition) is 3. The van der Waals surface area contributed by atoms with Gasteiger partial charge in [0.05, 0.1) is 34.1 Å². The van der Waals surface area contributed by atoms with Gasteiger partial charge in [-0.1, -0.05) is 23.7 Å². The molecule has 2 amide bonds. The predicted octanol–water partition coefficient (Wildman–Crippen LogP) is 5.18. The maximum absolute atomic E-state index is 12.8. The summed E-state index contributed by atoms with van der Waals surface area (Å²) in [7, 11) is 0. The summed E-state index contributed by atoms with van der Waals surface area (Å²) in [4.78, 5) is 24.0. The van der Waals surface area contributed by atoms with Gasteiger partial charge in [-0.3, -0.25) is 0 Å². The molecular weight excluding hydrogens is 373 g/mol. The summed E-state index contributed by atoms with van der Waals surface area (Å²) >= 11 is 5.83. The van der Waals surface area contributed by atoms with Crippen molar-refractivity contribution in [3.8, 4) is 0 Å². The van der Waals surface area contributed by atoms with Gasteiger partial charge in [0.15, 0.2) is 0 Å². The second kappa shape index (κ2) is 8.09. The molecule has 0 aromatic heterocycles. The van der Waals surface area contributed by atoms with Crippen LogP contribution in [0.4, 0.5) is 29.3 Å². The van der Waals surface area contributed by atoms with Crippen LogP contribution < -0.4 is 10.6 Å². The van der Waals surface area contributed by atoms with Crippen molar-refractivity contribution in [3.63, 3.8) is 0 Å². The van der Waals surface area contributed by atoms with E-state index in [9.17, 15) is 22.8 Å². The van der Waals surface area contributed by atoms with Gasteiger partial charge in [0.2, 0.25) is 0 Å². The molecule has 0 saturated carbocycles. The molecule has 2 rings (SSSR count). The Balaban J connectivity index is 2.19. The molecule has 138 valence electrons. The molecule has 0 saturated heterocycles. The van der Waals surface area contributed by atoms with Crippen LogP contribution in [0.25, 0.3) is 0 Å². The van der Waals surface area contributed by atoms with Crippen LogP contribution >= 0.6 is 11.6 Å². The number of halogens is 4. The van der Waals surface area contributed by atoms with Crippen LogP contribution in [0.1, 0.15) is 22.8 Å². The van der Waals surface area contributed by atoms with E-state index < -0.39 is 23.7 Å². The fourth-order valence-corrected chi connectivity index (χ4v) is 2.22. The van der Waals surface area contributed by atoms with Crippen molar-refractivity contribution in [2.45, 2.75) is 13.1 Å². The van der Waals surface area contributed by atoms with Crippen molar-refractivity contribution in [1.82, 2.24) is 0 Å². The molecule has 0 fully saturated rings. The van der Waals surface area contributed by atoms with Crippen LogP contribution in [0.2, 0.25) is 5.02 Å². The number of alkyl halides is 3. The molecule has 0 unspecified atom stereocenters. The third kappa shape index (κ3) is 4.89. The third-order valence-electron chi connectivity index (χ3n) is 3.21. The highest BCUT2D eigenvalue weighted by Crippen LogP contribution is 2.33. The molecule has 0 aliphatic carbocycles. The molecule has 0 aliphatic heterocycles. The van der Waals surface area contributed by atoms with Crippen molar-refractivity contribution < 1.29 is 27.5 Å². The van der Waals surface area contributed by atoms with Gasteiger partial charge in [-0.2, -0.15) is 13.2 Å². The topological polar surface area (TPSA) is 67.4 Å². The van der Waals surface area contributed by atoms with E-state index in [-0.39, 0.29) is 28.6 Å². The average Bonchev–Trinajstić information content (AvgIpc) is 2.56. The van der Waals surface area contributed by atoms with Gasteiger partial charge in [-0.15, -0.1) is 0 Å². The molecule has 2 N–H and O–H groups in total. The normalized spacial score (nSPS) is 11.0. The summed E-state index contributed by atoms with van der Waals surface area (Å²) in [6.07, 6.45) is -4.58. The summed E-state index contributed by atoms with van der Waals surface area (Å²) in [5.74, 6) is -0.638. The number of benzene rings is 2. The monoisotopic (exact) mass is 386 g/mol. The second-order valence-electron chi connectivity index (χ2n) is 5.04. The molecular formula is C17H14ClF3N2O3. The number of carbonyl (C=O) groups is 2. The number of para-hydroxylation sites is 1. The van der Waals surface area contributed by atoms with E-state index >= 15 is 0 Å². The number of urea groups is 1. The maximum Gasteiger partial charge on any atom is 0.416 e. The summed E-state index contributed by atoms with van der Waals surface area (Å²) in [5.41, 5.74) is -0.914. The van der Waals surface area contributed by atoms with E-state index in [0.717, 1.165) is 18.2 Å². The van der Waals surface area contributed by atoms with Gasteiger partial charge < -0.3 is 15.4 Å². The van der Waals surface area contributed by atoms with Crippen LogP contribution in [0, 0.1) is 0 Å². The minimum Gasteiger partial charge on any atom is -0.462 e. The number of esters is 1. The van der Waals surface area contributed by atoms with E-state index in [4.69, 9.17) is 16.3 Å². The number of carbonyl (C=O) groups excluding carboxylic acids is 2. The molecule has 0 spiro atoms. The molecule has 2 aromatic rings. The summed E-state index contributed by atoms with van der Waals surface area (Å²) in [6, 6.07) is 7.77. The zero-order chi connectivity index (χ0) is 19.3. The van der Waals surface area contributed by atoms with Gasteiger partial charge in [0.1, 0.15) is 0 Å². The molecule has 0 radical (unpaired) electrons. The molecule has 5 nitrogen and oxygen atoms in total. The zero-order valence-corrected chi connectivity index (χ0v) is 14.2.